The van der Waals surface area contributed by atoms with E-state index in [1.807, 2.05) is 31.2 Å². The normalized spacial score (nSPS) is 12.6. The molecule has 0 saturated carbocycles. The van der Waals surface area contributed by atoms with Gasteiger partial charge in [0.05, 0.1) is 5.52 Å². The molecule has 1 heterocycles. The number of fused-ring (bicyclic) bond motifs is 1. The van der Waals surface area contributed by atoms with Crippen molar-refractivity contribution in [1.82, 2.24) is 9.97 Å². The van der Waals surface area contributed by atoms with E-state index in [-0.39, 0.29) is 5.28 Å². The van der Waals surface area contributed by atoms with Crippen LogP contribution in [-0.2, 0) is 10.8 Å². The van der Waals surface area contributed by atoms with Crippen LogP contribution in [0.25, 0.3) is 10.9 Å². The molecule has 0 spiro atoms. The standard InChI is InChI=1S/C12H14ClN3OS/c1-2-18(17)8-7-14-11-9-5-3-4-6-10(9)15-12(13)16-11/h3-6H,2,7-8H2,1H3,(H,14,15,16). The highest BCUT2D eigenvalue weighted by Gasteiger charge is 2.05. The second-order valence-electron chi connectivity index (χ2n) is 3.72. The van der Waals surface area contributed by atoms with Crippen molar-refractivity contribution >= 4 is 39.1 Å². The fourth-order valence-electron chi connectivity index (χ4n) is 1.61. The van der Waals surface area contributed by atoms with Crippen molar-refractivity contribution in [1.29, 1.82) is 0 Å². The van der Waals surface area contributed by atoms with E-state index in [9.17, 15) is 4.21 Å². The molecule has 0 saturated heterocycles. The van der Waals surface area contributed by atoms with Crippen molar-refractivity contribution in [3.05, 3.63) is 29.5 Å². The first-order chi connectivity index (χ1) is 8.70. The molecule has 0 radical (unpaired) electrons. The summed E-state index contributed by atoms with van der Waals surface area (Å²) in [6.45, 7) is 2.52. The van der Waals surface area contributed by atoms with Gasteiger partial charge in [-0.25, -0.2) is 9.97 Å². The summed E-state index contributed by atoms with van der Waals surface area (Å²) in [5.74, 6) is 1.97. The van der Waals surface area contributed by atoms with Gasteiger partial charge in [0.15, 0.2) is 0 Å². The van der Waals surface area contributed by atoms with Crippen LogP contribution in [0.1, 0.15) is 6.92 Å². The molecule has 0 aliphatic heterocycles. The van der Waals surface area contributed by atoms with Gasteiger partial charge in [-0.2, -0.15) is 0 Å². The number of aromatic nitrogens is 2. The lowest BCUT2D eigenvalue weighted by Crippen LogP contribution is -2.13. The van der Waals surface area contributed by atoms with Crippen LogP contribution in [0.2, 0.25) is 5.28 Å². The van der Waals surface area contributed by atoms with Gasteiger partial charge in [-0.1, -0.05) is 19.1 Å². The summed E-state index contributed by atoms with van der Waals surface area (Å²) in [5, 5.41) is 4.30. The number of hydrogen-bond donors (Lipinski definition) is 1. The number of anilines is 1. The number of nitrogens with zero attached hydrogens (tertiary/aromatic N) is 2. The number of rotatable bonds is 5. The summed E-state index contributed by atoms with van der Waals surface area (Å²) in [5.41, 5.74) is 0.802. The second-order valence-corrected chi connectivity index (χ2v) is 5.92. The Kier molecular flexibility index (Phi) is 4.49. The highest BCUT2D eigenvalue weighted by molar-refractivity contribution is 7.84. The van der Waals surface area contributed by atoms with Crippen LogP contribution < -0.4 is 5.32 Å². The molecule has 0 fully saturated rings. The minimum atomic E-state index is -0.779. The van der Waals surface area contributed by atoms with Crippen molar-refractivity contribution < 1.29 is 4.21 Å². The Bertz CT molecular complexity index is 576. The highest BCUT2D eigenvalue weighted by Crippen LogP contribution is 2.21. The topological polar surface area (TPSA) is 54.9 Å². The van der Waals surface area contributed by atoms with E-state index in [1.165, 1.54) is 0 Å². The summed E-state index contributed by atoms with van der Waals surface area (Å²) < 4.78 is 11.3. The summed E-state index contributed by atoms with van der Waals surface area (Å²) in [4.78, 5) is 8.32. The number of halogens is 1. The SMILES string of the molecule is CCS(=O)CCNc1nc(Cl)nc2ccccc12. The predicted molar refractivity (Wildman–Crippen MR) is 76.6 cm³/mol. The molecule has 0 bridgehead atoms. The molecule has 1 unspecified atom stereocenters. The van der Waals surface area contributed by atoms with E-state index >= 15 is 0 Å². The monoisotopic (exact) mass is 283 g/mol. The summed E-state index contributed by atoms with van der Waals surface area (Å²) in [6.07, 6.45) is 0. The molecule has 2 aromatic rings. The van der Waals surface area contributed by atoms with Gasteiger partial charge in [-0.3, -0.25) is 4.21 Å². The van der Waals surface area contributed by atoms with Crippen LogP contribution in [0.5, 0.6) is 0 Å². The summed E-state index contributed by atoms with van der Waals surface area (Å²) in [7, 11) is -0.779. The maximum atomic E-state index is 11.3. The molecular weight excluding hydrogens is 270 g/mol. The Morgan fingerprint density at radius 1 is 1.33 bits per heavy atom. The zero-order valence-electron chi connectivity index (χ0n) is 10.0. The van der Waals surface area contributed by atoms with Crippen LogP contribution in [0.4, 0.5) is 5.82 Å². The van der Waals surface area contributed by atoms with Crippen LogP contribution in [0, 0.1) is 0 Å². The van der Waals surface area contributed by atoms with E-state index in [1.54, 1.807) is 0 Å². The first-order valence-corrected chi connectivity index (χ1v) is 7.58. The number of hydrogen-bond acceptors (Lipinski definition) is 4. The second kappa shape index (κ2) is 6.11. The van der Waals surface area contributed by atoms with Gasteiger partial charge >= 0.3 is 0 Å². The van der Waals surface area contributed by atoms with Gasteiger partial charge in [-0.15, -0.1) is 0 Å². The smallest absolute Gasteiger partial charge is 0.224 e. The molecule has 18 heavy (non-hydrogen) atoms. The van der Waals surface area contributed by atoms with Gasteiger partial charge in [-0.05, 0) is 23.7 Å². The fourth-order valence-corrected chi connectivity index (χ4v) is 2.40. The highest BCUT2D eigenvalue weighted by atomic mass is 35.5. The summed E-state index contributed by atoms with van der Waals surface area (Å²) >= 11 is 5.87. The van der Waals surface area contributed by atoms with Crippen molar-refractivity contribution in [3.63, 3.8) is 0 Å². The Morgan fingerprint density at radius 2 is 2.11 bits per heavy atom. The van der Waals surface area contributed by atoms with Crippen molar-refractivity contribution in [2.75, 3.05) is 23.4 Å². The van der Waals surface area contributed by atoms with Crippen molar-refractivity contribution in [3.8, 4) is 0 Å². The van der Waals surface area contributed by atoms with Crippen molar-refractivity contribution in [2.24, 2.45) is 0 Å². The molecule has 6 heteroatoms. The van der Waals surface area contributed by atoms with E-state index < -0.39 is 10.8 Å². The maximum Gasteiger partial charge on any atom is 0.224 e. The molecule has 1 N–H and O–H groups in total. The van der Waals surface area contributed by atoms with Crippen LogP contribution in [0.3, 0.4) is 0 Å². The molecule has 1 aromatic heterocycles. The molecule has 4 nitrogen and oxygen atoms in total. The molecule has 2 rings (SSSR count). The van der Waals surface area contributed by atoms with Gasteiger partial charge in [0.2, 0.25) is 5.28 Å². The average Bonchev–Trinajstić information content (AvgIpc) is 2.38. The molecular formula is C12H14ClN3OS. The molecule has 0 amide bonds. The third-order valence-corrected chi connectivity index (χ3v) is 3.99. The lowest BCUT2D eigenvalue weighted by molar-refractivity contribution is 0.684. The van der Waals surface area contributed by atoms with Crippen LogP contribution >= 0.6 is 11.6 Å². The Hall–Kier alpha value is -1.20. The Morgan fingerprint density at radius 3 is 2.89 bits per heavy atom. The quantitative estimate of drug-likeness (QED) is 0.857. The molecule has 0 aliphatic rings. The first kappa shape index (κ1) is 13.2. The Balaban J connectivity index is 2.19. The summed E-state index contributed by atoms with van der Waals surface area (Å²) in [6, 6.07) is 7.65. The minimum Gasteiger partial charge on any atom is -0.368 e. The minimum absolute atomic E-state index is 0.216. The van der Waals surface area contributed by atoms with E-state index in [0.29, 0.717) is 23.9 Å². The van der Waals surface area contributed by atoms with Gasteiger partial charge in [0.25, 0.3) is 0 Å². The zero-order valence-corrected chi connectivity index (χ0v) is 11.6. The van der Waals surface area contributed by atoms with Crippen LogP contribution in [-0.4, -0.2) is 32.2 Å². The molecule has 96 valence electrons. The van der Waals surface area contributed by atoms with Crippen LogP contribution in [0.15, 0.2) is 24.3 Å². The third-order valence-electron chi connectivity index (χ3n) is 2.52. The van der Waals surface area contributed by atoms with Gasteiger partial charge < -0.3 is 5.32 Å². The van der Waals surface area contributed by atoms with E-state index in [0.717, 1.165) is 10.9 Å². The first-order valence-electron chi connectivity index (χ1n) is 5.72. The number of benzene rings is 1. The molecule has 1 atom stereocenters. The molecule has 0 aliphatic carbocycles. The van der Waals surface area contributed by atoms with E-state index in [4.69, 9.17) is 11.6 Å². The van der Waals surface area contributed by atoms with Gasteiger partial charge in [0.1, 0.15) is 5.82 Å². The number of nitrogens with one attached hydrogen (secondary N) is 1. The Labute approximate surface area is 113 Å². The lowest BCUT2D eigenvalue weighted by Gasteiger charge is -2.08. The molecule has 1 aromatic carbocycles. The lowest BCUT2D eigenvalue weighted by atomic mass is 10.2. The predicted octanol–water partition coefficient (Wildman–Crippen LogP) is 2.46. The maximum absolute atomic E-state index is 11.3. The third kappa shape index (κ3) is 3.17. The fraction of sp³-hybridized carbons (Fsp3) is 0.333. The van der Waals surface area contributed by atoms with Gasteiger partial charge in [0, 0.05) is 34.2 Å². The average molecular weight is 284 g/mol. The zero-order chi connectivity index (χ0) is 13.0. The largest absolute Gasteiger partial charge is 0.368 e. The number of para-hydroxylation sites is 1. The van der Waals surface area contributed by atoms with Crippen molar-refractivity contribution in [2.45, 2.75) is 6.92 Å². The van der Waals surface area contributed by atoms with E-state index in [2.05, 4.69) is 15.3 Å².